The molecule has 5 heteroatoms. The quantitative estimate of drug-likeness (QED) is 0.701. The maximum absolute atomic E-state index is 12.5. The Balaban J connectivity index is 1.81. The summed E-state index contributed by atoms with van der Waals surface area (Å²) >= 11 is 3.43. The van der Waals surface area contributed by atoms with Crippen LogP contribution in [0, 0.1) is 18.8 Å². The van der Waals surface area contributed by atoms with Crippen molar-refractivity contribution in [1.29, 1.82) is 0 Å². The van der Waals surface area contributed by atoms with Crippen LogP contribution in [0.15, 0.2) is 22.7 Å². The first-order valence-electron chi connectivity index (χ1n) is 8.86. The van der Waals surface area contributed by atoms with Gasteiger partial charge in [0.2, 0.25) is 11.8 Å². The molecule has 0 radical (unpaired) electrons. The lowest BCUT2D eigenvalue weighted by atomic mass is 9.81. The van der Waals surface area contributed by atoms with Crippen molar-refractivity contribution in [2.24, 2.45) is 11.8 Å². The molecule has 1 fully saturated rings. The number of halogens is 1. The number of benzene rings is 1. The lowest BCUT2D eigenvalue weighted by Gasteiger charge is -2.27. The Bertz CT molecular complexity index is 581. The van der Waals surface area contributed by atoms with Gasteiger partial charge >= 0.3 is 0 Å². The van der Waals surface area contributed by atoms with Crippen molar-refractivity contribution in [2.75, 3.05) is 11.9 Å². The van der Waals surface area contributed by atoms with E-state index in [1.54, 1.807) is 0 Å². The van der Waals surface area contributed by atoms with Crippen LogP contribution in [-0.2, 0) is 9.59 Å². The number of amides is 2. The van der Waals surface area contributed by atoms with Gasteiger partial charge in [-0.3, -0.25) is 9.59 Å². The normalized spacial score (nSPS) is 20.5. The largest absolute Gasteiger partial charge is 0.356 e. The number of nitrogens with one attached hydrogen (secondary N) is 2. The van der Waals surface area contributed by atoms with E-state index in [0.29, 0.717) is 0 Å². The van der Waals surface area contributed by atoms with E-state index in [-0.39, 0.29) is 23.7 Å². The van der Waals surface area contributed by atoms with Crippen molar-refractivity contribution in [2.45, 2.75) is 52.4 Å². The molecule has 0 spiro atoms. The van der Waals surface area contributed by atoms with Crippen molar-refractivity contribution in [3.05, 3.63) is 28.2 Å². The Morgan fingerprint density at radius 3 is 2.33 bits per heavy atom. The molecule has 0 atom stereocenters. The second-order valence-corrected chi connectivity index (χ2v) is 7.56. The number of anilines is 1. The summed E-state index contributed by atoms with van der Waals surface area (Å²) in [6, 6.07) is 5.84. The number of rotatable bonds is 6. The number of aryl methyl sites for hydroxylation is 1. The Hall–Kier alpha value is -1.36. The Morgan fingerprint density at radius 1 is 1.12 bits per heavy atom. The first-order chi connectivity index (χ1) is 11.5. The van der Waals surface area contributed by atoms with Gasteiger partial charge in [-0.2, -0.15) is 0 Å². The highest BCUT2D eigenvalue weighted by atomic mass is 79.9. The molecule has 2 N–H and O–H groups in total. The van der Waals surface area contributed by atoms with Gasteiger partial charge in [0.15, 0.2) is 0 Å². The fraction of sp³-hybridized carbons (Fsp3) is 0.579. The second kappa shape index (κ2) is 9.21. The third kappa shape index (κ3) is 5.33. The van der Waals surface area contributed by atoms with E-state index in [1.807, 2.05) is 25.1 Å². The molecule has 1 aliphatic rings. The third-order valence-corrected chi connectivity index (χ3v) is 5.24. The molecule has 1 saturated carbocycles. The number of carbonyl (C=O) groups excluding carboxylic acids is 2. The third-order valence-electron chi connectivity index (χ3n) is 4.74. The topological polar surface area (TPSA) is 58.2 Å². The van der Waals surface area contributed by atoms with Crippen molar-refractivity contribution < 1.29 is 9.59 Å². The zero-order valence-corrected chi connectivity index (χ0v) is 16.1. The molecule has 2 rings (SSSR count). The molecule has 0 aliphatic heterocycles. The minimum atomic E-state index is 0.00717. The number of unbranched alkanes of at least 4 members (excludes halogenated alkanes) is 1. The molecule has 24 heavy (non-hydrogen) atoms. The molecular weight excluding hydrogens is 368 g/mol. The molecule has 0 unspecified atom stereocenters. The van der Waals surface area contributed by atoms with Crippen LogP contribution in [0.5, 0.6) is 0 Å². The summed E-state index contributed by atoms with van der Waals surface area (Å²) < 4.78 is 1.01. The molecule has 2 amide bonds. The highest BCUT2D eigenvalue weighted by Gasteiger charge is 2.29. The van der Waals surface area contributed by atoms with Crippen LogP contribution in [0.4, 0.5) is 5.69 Å². The lowest BCUT2D eigenvalue weighted by Crippen LogP contribution is -2.35. The molecule has 4 nitrogen and oxygen atoms in total. The second-order valence-electron chi connectivity index (χ2n) is 6.64. The van der Waals surface area contributed by atoms with E-state index in [4.69, 9.17) is 0 Å². The Labute approximate surface area is 152 Å². The smallest absolute Gasteiger partial charge is 0.227 e. The van der Waals surface area contributed by atoms with Crippen LogP contribution < -0.4 is 10.6 Å². The van der Waals surface area contributed by atoms with E-state index >= 15 is 0 Å². The van der Waals surface area contributed by atoms with E-state index in [2.05, 4.69) is 33.5 Å². The van der Waals surface area contributed by atoms with E-state index in [9.17, 15) is 9.59 Å². The predicted octanol–water partition coefficient (Wildman–Crippen LogP) is 4.42. The van der Waals surface area contributed by atoms with Crippen LogP contribution in [0.3, 0.4) is 0 Å². The van der Waals surface area contributed by atoms with Crippen LogP contribution in [-0.4, -0.2) is 18.4 Å². The molecule has 0 aromatic heterocycles. The zero-order chi connectivity index (χ0) is 17.5. The molecule has 1 aromatic carbocycles. The molecule has 0 heterocycles. The zero-order valence-electron chi connectivity index (χ0n) is 14.5. The lowest BCUT2D eigenvalue weighted by molar-refractivity contribution is -0.128. The van der Waals surface area contributed by atoms with Gasteiger partial charge in [0, 0.05) is 28.5 Å². The molecular formula is C19H27BrN2O2. The summed E-state index contributed by atoms with van der Waals surface area (Å²) in [5.74, 6) is 0.310. The maximum Gasteiger partial charge on any atom is 0.227 e. The van der Waals surface area contributed by atoms with Gasteiger partial charge in [0.25, 0.3) is 0 Å². The molecule has 1 aliphatic carbocycles. The van der Waals surface area contributed by atoms with E-state index in [0.717, 1.165) is 60.8 Å². The molecule has 1 aromatic rings. The van der Waals surface area contributed by atoms with Crippen LogP contribution in [0.1, 0.15) is 51.0 Å². The Kier molecular flexibility index (Phi) is 7.28. The SMILES string of the molecule is CCCCNC(=O)C1CCC(C(=O)Nc2ccc(Br)cc2C)CC1. The van der Waals surface area contributed by atoms with E-state index < -0.39 is 0 Å². The summed E-state index contributed by atoms with van der Waals surface area (Å²) in [4.78, 5) is 24.6. The van der Waals surface area contributed by atoms with Gasteiger partial charge < -0.3 is 10.6 Å². The fourth-order valence-corrected chi connectivity index (χ4v) is 3.63. The van der Waals surface area contributed by atoms with Gasteiger partial charge in [-0.25, -0.2) is 0 Å². The van der Waals surface area contributed by atoms with Gasteiger partial charge in [-0.15, -0.1) is 0 Å². The summed E-state index contributed by atoms with van der Waals surface area (Å²) in [6.07, 6.45) is 5.28. The standard InChI is InChI=1S/C19H27BrN2O2/c1-3-4-11-21-18(23)14-5-7-15(8-6-14)19(24)22-17-10-9-16(20)12-13(17)2/h9-10,12,14-15H,3-8,11H2,1-2H3,(H,21,23)(H,22,24). The van der Waals surface area contributed by atoms with Crippen LogP contribution >= 0.6 is 15.9 Å². The highest BCUT2D eigenvalue weighted by molar-refractivity contribution is 9.10. The number of hydrogen-bond donors (Lipinski definition) is 2. The van der Waals surface area contributed by atoms with Crippen molar-refractivity contribution in [3.8, 4) is 0 Å². The van der Waals surface area contributed by atoms with E-state index in [1.165, 1.54) is 0 Å². The average molecular weight is 395 g/mol. The minimum Gasteiger partial charge on any atom is -0.356 e. The van der Waals surface area contributed by atoms with Crippen molar-refractivity contribution >= 4 is 33.4 Å². The van der Waals surface area contributed by atoms with Crippen LogP contribution in [0.25, 0.3) is 0 Å². The summed E-state index contributed by atoms with van der Waals surface area (Å²) in [6.45, 7) is 4.86. The monoisotopic (exact) mass is 394 g/mol. The minimum absolute atomic E-state index is 0.00717. The highest BCUT2D eigenvalue weighted by Crippen LogP contribution is 2.30. The predicted molar refractivity (Wildman–Crippen MR) is 101 cm³/mol. The van der Waals surface area contributed by atoms with Crippen molar-refractivity contribution in [3.63, 3.8) is 0 Å². The molecule has 132 valence electrons. The maximum atomic E-state index is 12.5. The van der Waals surface area contributed by atoms with Crippen molar-refractivity contribution in [1.82, 2.24) is 5.32 Å². The summed E-state index contributed by atoms with van der Waals surface area (Å²) in [5.41, 5.74) is 1.91. The summed E-state index contributed by atoms with van der Waals surface area (Å²) in [7, 11) is 0. The van der Waals surface area contributed by atoms with Gasteiger partial charge in [0.05, 0.1) is 0 Å². The summed E-state index contributed by atoms with van der Waals surface area (Å²) in [5, 5.41) is 6.04. The Morgan fingerprint density at radius 2 is 1.75 bits per heavy atom. The van der Waals surface area contributed by atoms with Gasteiger partial charge in [0.1, 0.15) is 0 Å². The number of hydrogen-bond acceptors (Lipinski definition) is 2. The number of carbonyl (C=O) groups is 2. The van der Waals surface area contributed by atoms with Gasteiger partial charge in [-0.1, -0.05) is 29.3 Å². The molecule has 0 saturated heterocycles. The average Bonchev–Trinajstić information content (AvgIpc) is 2.57. The first kappa shape index (κ1) is 19.0. The van der Waals surface area contributed by atoms with Crippen LogP contribution in [0.2, 0.25) is 0 Å². The fourth-order valence-electron chi connectivity index (χ4n) is 3.15. The van der Waals surface area contributed by atoms with Gasteiger partial charge in [-0.05, 0) is 62.8 Å². The molecule has 0 bridgehead atoms. The first-order valence-corrected chi connectivity index (χ1v) is 9.65.